The second-order valence-electron chi connectivity index (χ2n) is 7.62. The van der Waals surface area contributed by atoms with Crippen molar-refractivity contribution < 1.29 is 14.2 Å². The normalized spacial score (nSPS) is 23.9. The first-order valence-corrected chi connectivity index (χ1v) is 9.98. The van der Waals surface area contributed by atoms with Crippen molar-refractivity contribution >= 4 is 34.8 Å². The van der Waals surface area contributed by atoms with Gasteiger partial charge in [-0.25, -0.2) is 4.79 Å². The van der Waals surface area contributed by atoms with Gasteiger partial charge in [-0.3, -0.25) is 19.6 Å². The minimum Gasteiger partial charge on any atom is -0.299 e. The minimum atomic E-state index is -0.480. The number of likely N-dealkylation sites (N-methyl/N-ethyl adjacent to an activating group) is 1. The van der Waals surface area contributed by atoms with Crippen LogP contribution < -0.4 is 0 Å². The van der Waals surface area contributed by atoms with Gasteiger partial charge in [-0.05, 0) is 43.5 Å². The number of benzene rings is 1. The first-order valence-electron chi connectivity index (χ1n) is 9.60. The summed E-state index contributed by atoms with van der Waals surface area (Å²) in [6, 6.07) is 7.93. The van der Waals surface area contributed by atoms with Crippen molar-refractivity contribution in [3.8, 4) is 0 Å². The van der Waals surface area contributed by atoms with Gasteiger partial charge in [-0.2, -0.15) is 4.58 Å². The molecule has 1 aromatic rings. The van der Waals surface area contributed by atoms with E-state index in [1.54, 1.807) is 11.9 Å². The molecule has 1 aromatic carbocycles. The summed E-state index contributed by atoms with van der Waals surface area (Å²) >= 11 is 6.09. The fraction of sp³-hybridized carbons (Fsp3) is 0.429. The third kappa shape index (κ3) is 3.54. The highest BCUT2D eigenvalue weighted by atomic mass is 35.5. The molecule has 0 N–H and O–H groups in total. The molecule has 0 radical (unpaired) electrons. The molecule has 0 aromatic heterocycles. The third-order valence-corrected chi connectivity index (χ3v) is 5.94. The Hall–Kier alpha value is -2.31. The highest BCUT2D eigenvalue weighted by molar-refractivity contribution is 6.35. The molecule has 2 amide bonds. The number of rotatable bonds is 3. The summed E-state index contributed by atoms with van der Waals surface area (Å²) in [7, 11) is 1.65. The van der Waals surface area contributed by atoms with Crippen LogP contribution in [0.5, 0.6) is 0 Å². The van der Waals surface area contributed by atoms with E-state index in [-0.39, 0.29) is 6.04 Å². The number of hydrogen-bond acceptors (Lipinski definition) is 4. The SMILES string of the molecule is CC1=NC2C(=[N+](C)C(=O)C(=O)N2C2CCN(Cc3cccc(Cl)c3)CC2)C=C1. The van der Waals surface area contributed by atoms with Gasteiger partial charge in [0.25, 0.3) is 0 Å². The van der Waals surface area contributed by atoms with Gasteiger partial charge in [0, 0.05) is 42.5 Å². The predicted octanol–water partition coefficient (Wildman–Crippen LogP) is 2.11. The molecule has 28 heavy (non-hydrogen) atoms. The maximum absolute atomic E-state index is 12.8. The summed E-state index contributed by atoms with van der Waals surface area (Å²) in [4.78, 5) is 34.0. The Morgan fingerprint density at radius 1 is 1.21 bits per heavy atom. The molecule has 1 fully saturated rings. The van der Waals surface area contributed by atoms with Gasteiger partial charge < -0.3 is 0 Å². The van der Waals surface area contributed by atoms with Crippen LogP contribution in [-0.4, -0.2) is 70.0 Å². The van der Waals surface area contributed by atoms with E-state index in [1.165, 1.54) is 10.1 Å². The van der Waals surface area contributed by atoms with E-state index in [1.807, 2.05) is 37.3 Å². The number of amides is 2. The summed E-state index contributed by atoms with van der Waals surface area (Å²) < 4.78 is 1.43. The Morgan fingerprint density at radius 2 is 1.96 bits per heavy atom. The van der Waals surface area contributed by atoms with Crippen LogP contribution >= 0.6 is 11.6 Å². The number of dihydropyridines is 1. The molecule has 0 aliphatic carbocycles. The van der Waals surface area contributed by atoms with Crippen molar-refractivity contribution in [1.82, 2.24) is 9.80 Å². The number of carbonyl (C=O) groups excluding carboxylic acids is 2. The minimum absolute atomic E-state index is 0.0174. The number of likely N-dealkylation sites (tertiary alicyclic amines) is 1. The molecule has 146 valence electrons. The maximum Gasteiger partial charge on any atom is 0.477 e. The smallest absolute Gasteiger partial charge is 0.299 e. The average Bonchev–Trinajstić information content (AvgIpc) is 2.68. The average molecular weight is 400 g/mol. The van der Waals surface area contributed by atoms with Crippen LogP contribution in [0.15, 0.2) is 41.4 Å². The lowest BCUT2D eigenvalue weighted by molar-refractivity contribution is -0.419. The maximum atomic E-state index is 12.8. The second kappa shape index (κ2) is 7.60. The van der Waals surface area contributed by atoms with Crippen LogP contribution in [0.1, 0.15) is 25.3 Å². The first-order chi connectivity index (χ1) is 13.4. The molecular weight excluding hydrogens is 376 g/mol. The van der Waals surface area contributed by atoms with Gasteiger partial charge in [-0.1, -0.05) is 23.7 Å². The number of allylic oxidation sites excluding steroid dienone is 1. The Labute approximate surface area is 169 Å². The van der Waals surface area contributed by atoms with Gasteiger partial charge in [0.2, 0.25) is 11.9 Å². The van der Waals surface area contributed by atoms with Gasteiger partial charge in [0.15, 0.2) is 0 Å². The van der Waals surface area contributed by atoms with Crippen molar-refractivity contribution in [1.29, 1.82) is 0 Å². The molecule has 3 aliphatic heterocycles. The monoisotopic (exact) mass is 399 g/mol. The molecule has 0 spiro atoms. The number of aliphatic imine (C=N–C) groups is 1. The fourth-order valence-electron chi connectivity index (χ4n) is 4.18. The van der Waals surface area contributed by atoms with Gasteiger partial charge in [0.05, 0.1) is 0 Å². The van der Waals surface area contributed by atoms with Crippen LogP contribution in [-0.2, 0) is 16.1 Å². The van der Waals surface area contributed by atoms with E-state index < -0.39 is 18.0 Å². The lowest BCUT2D eigenvalue weighted by Crippen LogP contribution is -2.61. The Balaban J connectivity index is 1.48. The highest BCUT2D eigenvalue weighted by Gasteiger charge is 2.48. The van der Waals surface area contributed by atoms with Crippen LogP contribution in [0.3, 0.4) is 0 Å². The zero-order valence-corrected chi connectivity index (χ0v) is 16.9. The molecule has 1 unspecified atom stereocenters. The zero-order chi connectivity index (χ0) is 19.8. The number of fused-ring (bicyclic) bond motifs is 1. The van der Waals surface area contributed by atoms with Gasteiger partial charge in [-0.15, -0.1) is 0 Å². The highest BCUT2D eigenvalue weighted by Crippen LogP contribution is 2.26. The molecule has 4 rings (SSSR count). The van der Waals surface area contributed by atoms with Crippen LogP contribution in [0.4, 0.5) is 0 Å². The summed E-state index contributed by atoms with van der Waals surface area (Å²) in [5.41, 5.74) is 2.83. The molecule has 6 nitrogen and oxygen atoms in total. The van der Waals surface area contributed by atoms with E-state index in [0.717, 1.165) is 48.9 Å². The topological polar surface area (TPSA) is 56.0 Å². The molecule has 0 saturated carbocycles. The van der Waals surface area contributed by atoms with Crippen molar-refractivity contribution in [2.75, 3.05) is 20.1 Å². The summed E-state index contributed by atoms with van der Waals surface area (Å²) in [5, 5.41) is 0.746. The molecule has 3 aliphatic rings. The largest absolute Gasteiger partial charge is 0.477 e. The lowest BCUT2D eigenvalue weighted by Gasteiger charge is -2.41. The van der Waals surface area contributed by atoms with Crippen LogP contribution in [0.25, 0.3) is 0 Å². The Morgan fingerprint density at radius 3 is 2.68 bits per heavy atom. The number of carbonyl (C=O) groups is 2. The van der Waals surface area contributed by atoms with Crippen LogP contribution in [0.2, 0.25) is 5.02 Å². The summed E-state index contributed by atoms with van der Waals surface area (Å²) in [5.74, 6) is -0.927. The molecule has 1 atom stereocenters. The van der Waals surface area contributed by atoms with Crippen molar-refractivity contribution in [2.24, 2.45) is 4.99 Å². The first kappa shape index (κ1) is 19.0. The van der Waals surface area contributed by atoms with Crippen molar-refractivity contribution in [3.63, 3.8) is 0 Å². The van der Waals surface area contributed by atoms with Gasteiger partial charge >= 0.3 is 11.8 Å². The van der Waals surface area contributed by atoms with Crippen molar-refractivity contribution in [3.05, 3.63) is 47.0 Å². The number of hydrogen-bond donors (Lipinski definition) is 0. The number of halogens is 1. The van der Waals surface area contributed by atoms with Crippen LogP contribution in [0, 0.1) is 0 Å². The molecule has 0 bridgehead atoms. The predicted molar refractivity (Wildman–Crippen MR) is 109 cm³/mol. The van der Waals surface area contributed by atoms with E-state index >= 15 is 0 Å². The lowest BCUT2D eigenvalue weighted by atomic mass is 9.98. The zero-order valence-electron chi connectivity index (χ0n) is 16.1. The number of piperidine rings is 1. The standard InChI is InChI=1S/C21H24ClN4O2/c1-14-6-7-18-19(23-14)26(21(28)20(27)24(18)2)17-8-10-25(11-9-17)13-15-4-3-5-16(22)12-15/h3-7,12,17,19H,8-11,13H2,1-2H3/q+1. The van der Waals surface area contributed by atoms with E-state index in [0.29, 0.717) is 0 Å². The third-order valence-electron chi connectivity index (χ3n) is 5.70. The van der Waals surface area contributed by atoms with Crippen molar-refractivity contribution in [2.45, 2.75) is 38.5 Å². The summed E-state index contributed by atoms with van der Waals surface area (Å²) in [6.45, 7) is 4.49. The fourth-order valence-corrected chi connectivity index (χ4v) is 4.39. The Bertz CT molecular complexity index is 913. The van der Waals surface area contributed by atoms with E-state index in [2.05, 4.69) is 16.0 Å². The molecule has 3 heterocycles. The molecular formula is C21H24ClN4O2+. The summed E-state index contributed by atoms with van der Waals surface area (Å²) in [6.07, 6.45) is 5.04. The quantitative estimate of drug-likeness (QED) is 0.578. The second-order valence-corrected chi connectivity index (χ2v) is 8.05. The van der Waals surface area contributed by atoms with E-state index in [9.17, 15) is 9.59 Å². The van der Waals surface area contributed by atoms with E-state index in [4.69, 9.17) is 11.6 Å². The number of nitrogens with zero attached hydrogens (tertiary/aromatic N) is 4. The molecule has 7 heteroatoms. The molecule has 1 saturated heterocycles. The van der Waals surface area contributed by atoms with Gasteiger partial charge in [0.1, 0.15) is 7.05 Å². The Kier molecular flexibility index (Phi) is 5.17.